The molecule has 0 aromatic heterocycles. The first-order chi connectivity index (χ1) is 6.62. The fourth-order valence-electron chi connectivity index (χ4n) is 1.86. The van der Waals surface area contributed by atoms with E-state index in [0.29, 0.717) is 24.2 Å². The smallest absolute Gasteiger partial charge is 0.116 e. The number of anilines is 1. The maximum Gasteiger partial charge on any atom is 0.116 e. The minimum Gasteiger partial charge on any atom is -0.508 e. The molecule has 1 saturated heterocycles. The first-order valence-electron chi connectivity index (χ1n) is 4.64. The third-order valence-corrected chi connectivity index (χ3v) is 2.67. The van der Waals surface area contributed by atoms with Crippen LogP contribution in [-0.4, -0.2) is 23.3 Å². The van der Waals surface area contributed by atoms with E-state index in [2.05, 4.69) is 5.32 Å². The second-order valence-corrected chi connectivity index (χ2v) is 3.73. The molecule has 0 amide bonds. The van der Waals surface area contributed by atoms with E-state index in [0.717, 1.165) is 6.54 Å². The van der Waals surface area contributed by atoms with Gasteiger partial charge in [-0.25, -0.2) is 0 Å². The lowest BCUT2D eigenvalue weighted by Crippen LogP contribution is -2.29. The molecule has 4 heteroatoms. The zero-order chi connectivity index (χ0) is 10.2. The minimum atomic E-state index is -0.928. The number of rotatable bonds is 1. The van der Waals surface area contributed by atoms with Crippen LogP contribution in [0.3, 0.4) is 0 Å². The van der Waals surface area contributed by atoms with Gasteiger partial charge in [0.2, 0.25) is 0 Å². The number of hydrogen-bond donors (Lipinski definition) is 4. The van der Waals surface area contributed by atoms with Crippen LogP contribution in [0.4, 0.5) is 5.69 Å². The fraction of sp³-hybridized carbons (Fsp3) is 0.400. The second-order valence-electron chi connectivity index (χ2n) is 3.73. The number of phenolic OH excluding ortho intramolecular Hbond substituents is 1. The summed E-state index contributed by atoms with van der Waals surface area (Å²) >= 11 is 0. The van der Waals surface area contributed by atoms with Crippen molar-refractivity contribution in [3.05, 3.63) is 23.8 Å². The molecule has 2 rings (SSSR count). The molecule has 1 aliphatic rings. The SMILES string of the molecule is Nc1ccc(O)cc1C1(O)CCNC1. The molecule has 76 valence electrons. The van der Waals surface area contributed by atoms with Gasteiger partial charge in [0, 0.05) is 17.8 Å². The quantitative estimate of drug-likeness (QED) is 0.379. The molecule has 1 fully saturated rings. The molecule has 1 heterocycles. The predicted octanol–water partition coefficient (Wildman–Crippen LogP) is 0.155. The van der Waals surface area contributed by atoms with Crippen molar-refractivity contribution in [1.82, 2.24) is 5.32 Å². The van der Waals surface area contributed by atoms with Crippen LogP contribution in [0.2, 0.25) is 0 Å². The number of nitrogens with one attached hydrogen (secondary N) is 1. The average molecular weight is 194 g/mol. The van der Waals surface area contributed by atoms with Crippen molar-refractivity contribution in [3.8, 4) is 5.75 Å². The number of nitrogens with two attached hydrogens (primary N) is 1. The van der Waals surface area contributed by atoms with Crippen LogP contribution in [0.25, 0.3) is 0 Å². The second kappa shape index (κ2) is 3.15. The fourth-order valence-corrected chi connectivity index (χ4v) is 1.86. The first-order valence-corrected chi connectivity index (χ1v) is 4.64. The number of aliphatic hydroxyl groups is 1. The van der Waals surface area contributed by atoms with E-state index in [4.69, 9.17) is 5.73 Å². The summed E-state index contributed by atoms with van der Waals surface area (Å²) < 4.78 is 0. The molecule has 5 N–H and O–H groups in total. The van der Waals surface area contributed by atoms with Crippen LogP contribution in [0.15, 0.2) is 18.2 Å². The third kappa shape index (κ3) is 1.42. The monoisotopic (exact) mass is 194 g/mol. The lowest BCUT2D eigenvalue weighted by atomic mass is 9.91. The molecule has 4 nitrogen and oxygen atoms in total. The van der Waals surface area contributed by atoms with Crippen LogP contribution in [0, 0.1) is 0 Å². The van der Waals surface area contributed by atoms with Crippen molar-refractivity contribution in [2.45, 2.75) is 12.0 Å². The molecular formula is C10H14N2O2. The zero-order valence-corrected chi connectivity index (χ0v) is 7.83. The highest BCUT2D eigenvalue weighted by Gasteiger charge is 2.34. The Morgan fingerprint density at radius 2 is 2.21 bits per heavy atom. The van der Waals surface area contributed by atoms with Crippen molar-refractivity contribution in [2.75, 3.05) is 18.8 Å². The number of β-amino-alcohol motifs (C(OH)–C–C–N with tert-alkyl or cyclic N) is 1. The highest BCUT2D eigenvalue weighted by Crippen LogP contribution is 2.33. The molecule has 1 aromatic carbocycles. The summed E-state index contributed by atoms with van der Waals surface area (Å²) in [6.07, 6.45) is 0.626. The Morgan fingerprint density at radius 1 is 1.43 bits per heavy atom. The maximum atomic E-state index is 10.2. The molecule has 1 atom stereocenters. The molecule has 0 bridgehead atoms. The predicted molar refractivity (Wildman–Crippen MR) is 53.9 cm³/mol. The van der Waals surface area contributed by atoms with E-state index in [9.17, 15) is 10.2 Å². The van der Waals surface area contributed by atoms with Crippen LogP contribution < -0.4 is 11.1 Å². The van der Waals surface area contributed by atoms with Crippen molar-refractivity contribution in [1.29, 1.82) is 0 Å². The normalized spacial score (nSPS) is 26.6. The number of nitrogen functional groups attached to an aromatic ring is 1. The Kier molecular flexibility index (Phi) is 2.09. The molecule has 1 aliphatic heterocycles. The van der Waals surface area contributed by atoms with Gasteiger partial charge >= 0.3 is 0 Å². The Balaban J connectivity index is 2.44. The summed E-state index contributed by atoms with van der Waals surface area (Å²) in [5.74, 6) is 0.134. The Labute approximate surface area is 82.4 Å². The van der Waals surface area contributed by atoms with Gasteiger partial charge in [0.1, 0.15) is 11.4 Å². The molecule has 0 spiro atoms. The highest BCUT2D eigenvalue weighted by molar-refractivity contribution is 5.53. The maximum absolute atomic E-state index is 10.2. The van der Waals surface area contributed by atoms with Crippen molar-refractivity contribution >= 4 is 5.69 Å². The van der Waals surface area contributed by atoms with E-state index < -0.39 is 5.60 Å². The molecule has 14 heavy (non-hydrogen) atoms. The molecule has 1 unspecified atom stereocenters. The van der Waals surface area contributed by atoms with Gasteiger partial charge < -0.3 is 21.3 Å². The molecule has 0 aliphatic carbocycles. The minimum absolute atomic E-state index is 0.134. The molecule has 0 radical (unpaired) electrons. The number of aromatic hydroxyl groups is 1. The Bertz CT molecular complexity index is 346. The van der Waals surface area contributed by atoms with Gasteiger partial charge in [0.25, 0.3) is 0 Å². The Morgan fingerprint density at radius 3 is 2.86 bits per heavy atom. The highest BCUT2D eigenvalue weighted by atomic mass is 16.3. The topological polar surface area (TPSA) is 78.5 Å². The zero-order valence-electron chi connectivity index (χ0n) is 7.83. The molecule has 0 saturated carbocycles. The van der Waals surface area contributed by atoms with E-state index in [1.165, 1.54) is 12.1 Å². The van der Waals surface area contributed by atoms with Crippen molar-refractivity contribution in [2.24, 2.45) is 0 Å². The van der Waals surface area contributed by atoms with Crippen LogP contribution in [-0.2, 0) is 5.60 Å². The van der Waals surface area contributed by atoms with Gasteiger partial charge in [-0.05, 0) is 31.2 Å². The van der Waals surface area contributed by atoms with Gasteiger partial charge in [-0.2, -0.15) is 0 Å². The van der Waals surface area contributed by atoms with Gasteiger partial charge in [-0.15, -0.1) is 0 Å². The summed E-state index contributed by atoms with van der Waals surface area (Å²) in [7, 11) is 0. The largest absolute Gasteiger partial charge is 0.508 e. The van der Waals surface area contributed by atoms with E-state index in [1.54, 1.807) is 6.07 Å². The summed E-state index contributed by atoms with van der Waals surface area (Å²) in [5, 5.41) is 22.6. The van der Waals surface area contributed by atoms with Gasteiger partial charge in [-0.1, -0.05) is 0 Å². The average Bonchev–Trinajstić information content (AvgIpc) is 2.58. The number of hydrogen-bond acceptors (Lipinski definition) is 4. The van der Waals surface area contributed by atoms with Gasteiger partial charge in [0.15, 0.2) is 0 Å². The van der Waals surface area contributed by atoms with Crippen LogP contribution >= 0.6 is 0 Å². The van der Waals surface area contributed by atoms with Gasteiger partial charge in [-0.3, -0.25) is 0 Å². The van der Waals surface area contributed by atoms with Crippen LogP contribution in [0.5, 0.6) is 5.75 Å². The Hall–Kier alpha value is -1.26. The lowest BCUT2D eigenvalue weighted by molar-refractivity contribution is 0.0593. The first kappa shape index (κ1) is 9.30. The molecule has 1 aromatic rings. The number of benzene rings is 1. The standard InChI is InChI=1S/C10H14N2O2/c11-9-2-1-7(13)5-8(9)10(14)3-4-12-6-10/h1-2,5,12-14H,3-4,6,11H2. The van der Waals surface area contributed by atoms with E-state index >= 15 is 0 Å². The van der Waals surface area contributed by atoms with E-state index in [-0.39, 0.29) is 5.75 Å². The summed E-state index contributed by atoms with van der Waals surface area (Å²) in [4.78, 5) is 0. The summed E-state index contributed by atoms with van der Waals surface area (Å²) in [6, 6.07) is 4.66. The summed E-state index contributed by atoms with van der Waals surface area (Å²) in [6.45, 7) is 1.26. The third-order valence-electron chi connectivity index (χ3n) is 2.67. The lowest BCUT2D eigenvalue weighted by Gasteiger charge is -2.23. The van der Waals surface area contributed by atoms with E-state index in [1.807, 2.05) is 0 Å². The number of phenols is 1. The van der Waals surface area contributed by atoms with Crippen molar-refractivity contribution < 1.29 is 10.2 Å². The molecular weight excluding hydrogens is 180 g/mol. The van der Waals surface area contributed by atoms with Gasteiger partial charge in [0.05, 0.1) is 0 Å². The van der Waals surface area contributed by atoms with Crippen molar-refractivity contribution in [3.63, 3.8) is 0 Å². The van der Waals surface area contributed by atoms with Crippen LogP contribution in [0.1, 0.15) is 12.0 Å². The summed E-state index contributed by atoms with van der Waals surface area (Å²) in [5.41, 5.74) is 5.96.